The molecule has 0 heterocycles. The summed E-state index contributed by atoms with van der Waals surface area (Å²) in [5.74, 6) is -1.36. The van der Waals surface area contributed by atoms with Crippen LogP contribution in [-0.4, -0.2) is 35.7 Å². The summed E-state index contributed by atoms with van der Waals surface area (Å²) in [7, 11) is 0. The fourth-order valence-corrected chi connectivity index (χ4v) is 1.88. The van der Waals surface area contributed by atoms with E-state index in [0.717, 1.165) is 25.7 Å². The van der Waals surface area contributed by atoms with Gasteiger partial charge in [0.1, 0.15) is 12.6 Å². The number of amides is 1. The van der Waals surface area contributed by atoms with Crippen LogP contribution in [0, 0.1) is 0 Å². The molecule has 1 aliphatic carbocycles. The molecule has 5 nitrogen and oxygen atoms in total. The van der Waals surface area contributed by atoms with E-state index >= 15 is 0 Å². The van der Waals surface area contributed by atoms with Crippen LogP contribution in [-0.2, 0) is 14.3 Å². The molecule has 0 spiro atoms. The lowest BCUT2D eigenvalue weighted by Crippen LogP contribution is -2.40. The Kier molecular flexibility index (Phi) is 5.25. The third kappa shape index (κ3) is 4.18. The topological polar surface area (TPSA) is 75.6 Å². The molecule has 2 N–H and O–H groups in total. The second kappa shape index (κ2) is 6.48. The smallest absolute Gasteiger partial charge is 0.322 e. The van der Waals surface area contributed by atoms with E-state index in [1.165, 1.54) is 0 Å². The van der Waals surface area contributed by atoms with Crippen molar-refractivity contribution in [2.75, 3.05) is 6.54 Å². The zero-order valence-corrected chi connectivity index (χ0v) is 9.57. The highest BCUT2D eigenvalue weighted by Crippen LogP contribution is 2.22. The van der Waals surface area contributed by atoms with Crippen LogP contribution in [0.2, 0.25) is 0 Å². The molecule has 1 atom stereocenters. The molecule has 5 heteroatoms. The fourth-order valence-electron chi connectivity index (χ4n) is 1.88. The predicted molar refractivity (Wildman–Crippen MR) is 58.1 cm³/mol. The van der Waals surface area contributed by atoms with Gasteiger partial charge in [0.25, 0.3) is 0 Å². The van der Waals surface area contributed by atoms with Crippen molar-refractivity contribution in [2.45, 2.75) is 51.2 Å². The van der Waals surface area contributed by atoms with Crippen molar-refractivity contribution in [3.63, 3.8) is 0 Å². The number of hydrogen-bond acceptors (Lipinski definition) is 3. The van der Waals surface area contributed by atoms with Gasteiger partial charge in [0, 0.05) is 0 Å². The molecule has 16 heavy (non-hydrogen) atoms. The number of ether oxygens (including phenoxy) is 1. The van der Waals surface area contributed by atoms with Crippen LogP contribution in [0.1, 0.15) is 39.0 Å². The van der Waals surface area contributed by atoms with Crippen LogP contribution < -0.4 is 5.32 Å². The van der Waals surface area contributed by atoms with Gasteiger partial charge in [0.2, 0.25) is 5.91 Å². The Morgan fingerprint density at radius 3 is 2.56 bits per heavy atom. The summed E-state index contributed by atoms with van der Waals surface area (Å²) < 4.78 is 5.65. The molecule has 1 saturated carbocycles. The standard InChI is InChI=1S/C11H19NO4/c1-2-9(11(15)12-7-10(13)14)16-8-5-3-4-6-8/h8-9H,2-7H2,1H3,(H,12,15)(H,13,14). The maximum absolute atomic E-state index is 11.6. The maximum Gasteiger partial charge on any atom is 0.322 e. The number of hydrogen-bond donors (Lipinski definition) is 2. The summed E-state index contributed by atoms with van der Waals surface area (Å²) in [5, 5.41) is 10.8. The number of carbonyl (C=O) groups excluding carboxylic acids is 1. The molecular formula is C11H19NO4. The third-order valence-electron chi connectivity index (χ3n) is 2.74. The Balaban J connectivity index is 2.33. The predicted octanol–water partition coefficient (Wildman–Crippen LogP) is 0.925. The number of carboxylic acids is 1. The first-order valence-corrected chi connectivity index (χ1v) is 5.78. The Morgan fingerprint density at radius 1 is 1.44 bits per heavy atom. The van der Waals surface area contributed by atoms with E-state index < -0.39 is 12.1 Å². The van der Waals surface area contributed by atoms with Crippen molar-refractivity contribution < 1.29 is 19.4 Å². The summed E-state index contributed by atoms with van der Waals surface area (Å²) in [6.07, 6.45) is 4.53. The van der Waals surface area contributed by atoms with E-state index in [2.05, 4.69) is 5.32 Å². The second-order valence-corrected chi connectivity index (χ2v) is 4.05. The summed E-state index contributed by atoms with van der Waals surface area (Å²) >= 11 is 0. The zero-order valence-electron chi connectivity index (χ0n) is 9.57. The van der Waals surface area contributed by atoms with Crippen LogP contribution in [0.4, 0.5) is 0 Å². The number of carboxylic acid groups (broad SMARTS) is 1. The molecule has 0 bridgehead atoms. The molecule has 0 saturated heterocycles. The first-order chi connectivity index (χ1) is 7.63. The number of nitrogens with one attached hydrogen (secondary N) is 1. The normalized spacial score (nSPS) is 18.3. The second-order valence-electron chi connectivity index (χ2n) is 4.05. The summed E-state index contributed by atoms with van der Waals surface area (Å²) in [6, 6.07) is 0. The van der Waals surface area contributed by atoms with E-state index in [4.69, 9.17) is 9.84 Å². The van der Waals surface area contributed by atoms with Crippen molar-refractivity contribution >= 4 is 11.9 Å². The van der Waals surface area contributed by atoms with Crippen LogP contribution in [0.3, 0.4) is 0 Å². The fraction of sp³-hybridized carbons (Fsp3) is 0.818. The lowest BCUT2D eigenvalue weighted by Gasteiger charge is -2.19. The van der Waals surface area contributed by atoms with Gasteiger partial charge in [0.15, 0.2) is 0 Å². The maximum atomic E-state index is 11.6. The van der Waals surface area contributed by atoms with Crippen molar-refractivity contribution in [3.8, 4) is 0 Å². The van der Waals surface area contributed by atoms with E-state index in [1.54, 1.807) is 0 Å². The Morgan fingerprint density at radius 2 is 2.06 bits per heavy atom. The zero-order chi connectivity index (χ0) is 12.0. The van der Waals surface area contributed by atoms with Gasteiger partial charge in [0.05, 0.1) is 6.10 Å². The molecule has 0 aliphatic heterocycles. The summed E-state index contributed by atoms with van der Waals surface area (Å²) in [4.78, 5) is 21.9. The van der Waals surface area contributed by atoms with Gasteiger partial charge in [-0.1, -0.05) is 19.8 Å². The summed E-state index contributed by atoms with van der Waals surface area (Å²) in [6.45, 7) is 1.52. The first kappa shape index (κ1) is 13.0. The van der Waals surface area contributed by atoms with Crippen LogP contribution in [0.15, 0.2) is 0 Å². The number of carbonyl (C=O) groups is 2. The molecule has 0 aromatic carbocycles. The largest absolute Gasteiger partial charge is 0.480 e. The van der Waals surface area contributed by atoms with Gasteiger partial charge in [-0.3, -0.25) is 9.59 Å². The average molecular weight is 229 g/mol. The average Bonchev–Trinajstić information content (AvgIpc) is 2.75. The Hall–Kier alpha value is -1.10. The molecule has 0 radical (unpaired) electrons. The third-order valence-corrected chi connectivity index (χ3v) is 2.74. The lowest BCUT2D eigenvalue weighted by atomic mass is 10.2. The Bertz CT molecular complexity index is 248. The molecule has 1 unspecified atom stereocenters. The van der Waals surface area contributed by atoms with Crippen molar-refractivity contribution in [3.05, 3.63) is 0 Å². The van der Waals surface area contributed by atoms with Gasteiger partial charge >= 0.3 is 5.97 Å². The van der Waals surface area contributed by atoms with Crippen LogP contribution in [0.5, 0.6) is 0 Å². The van der Waals surface area contributed by atoms with Crippen molar-refractivity contribution in [1.82, 2.24) is 5.32 Å². The van der Waals surface area contributed by atoms with E-state index in [9.17, 15) is 9.59 Å². The minimum Gasteiger partial charge on any atom is -0.480 e. The highest BCUT2D eigenvalue weighted by Gasteiger charge is 2.24. The quantitative estimate of drug-likeness (QED) is 0.710. The monoisotopic (exact) mass is 229 g/mol. The van der Waals surface area contributed by atoms with E-state index in [-0.39, 0.29) is 18.6 Å². The number of rotatable bonds is 6. The lowest BCUT2D eigenvalue weighted by molar-refractivity contribution is -0.142. The highest BCUT2D eigenvalue weighted by molar-refractivity contribution is 5.84. The van der Waals surface area contributed by atoms with Gasteiger partial charge < -0.3 is 15.2 Å². The molecule has 1 fully saturated rings. The molecule has 1 amide bonds. The molecule has 1 rings (SSSR count). The van der Waals surface area contributed by atoms with Crippen LogP contribution in [0.25, 0.3) is 0 Å². The highest BCUT2D eigenvalue weighted by atomic mass is 16.5. The minimum absolute atomic E-state index is 0.167. The summed E-state index contributed by atoms with van der Waals surface area (Å²) in [5.41, 5.74) is 0. The number of aliphatic carboxylic acids is 1. The van der Waals surface area contributed by atoms with Gasteiger partial charge in [-0.05, 0) is 19.3 Å². The SMILES string of the molecule is CCC(OC1CCCC1)C(=O)NCC(=O)O. The van der Waals surface area contributed by atoms with Crippen molar-refractivity contribution in [2.24, 2.45) is 0 Å². The van der Waals surface area contributed by atoms with Crippen molar-refractivity contribution in [1.29, 1.82) is 0 Å². The molecule has 1 aliphatic rings. The molecule has 92 valence electrons. The molecule has 0 aromatic heterocycles. The molecule has 0 aromatic rings. The van der Waals surface area contributed by atoms with Gasteiger partial charge in [-0.25, -0.2) is 0 Å². The van der Waals surface area contributed by atoms with E-state index in [0.29, 0.717) is 6.42 Å². The first-order valence-electron chi connectivity index (χ1n) is 5.78. The minimum atomic E-state index is -1.04. The van der Waals surface area contributed by atoms with Gasteiger partial charge in [-0.15, -0.1) is 0 Å². The Labute approximate surface area is 95.2 Å². The van der Waals surface area contributed by atoms with Crippen LogP contribution >= 0.6 is 0 Å². The molecular weight excluding hydrogens is 210 g/mol. The van der Waals surface area contributed by atoms with E-state index in [1.807, 2.05) is 6.92 Å². The van der Waals surface area contributed by atoms with Gasteiger partial charge in [-0.2, -0.15) is 0 Å².